The van der Waals surface area contributed by atoms with Crippen LogP contribution in [0.3, 0.4) is 0 Å². The topological polar surface area (TPSA) is 75.0 Å². The third-order valence-corrected chi connectivity index (χ3v) is 5.59. The van der Waals surface area contributed by atoms with Crippen molar-refractivity contribution in [3.05, 3.63) is 51.7 Å². The SMILES string of the molecule is O=C1NC(=S)N(c2cccc(Cl)c2Cl)C(=O)C1=Cc1ccc(N2CCOCC2)o1. The fourth-order valence-corrected chi connectivity index (χ4v) is 3.71. The van der Waals surface area contributed by atoms with E-state index in [9.17, 15) is 9.59 Å². The highest BCUT2D eigenvalue weighted by molar-refractivity contribution is 7.80. The van der Waals surface area contributed by atoms with Crippen LogP contribution in [0.15, 0.2) is 40.3 Å². The van der Waals surface area contributed by atoms with E-state index in [1.807, 2.05) is 4.90 Å². The van der Waals surface area contributed by atoms with Crippen molar-refractivity contribution >= 4 is 70.0 Å². The van der Waals surface area contributed by atoms with Gasteiger partial charge in [-0.2, -0.15) is 0 Å². The van der Waals surface area contributed by atoms with E-state index in [4.69, 9.17) is 44.6 Å². The van der Waals surface area contributed by atoms with Gasteiger partial charge in [0.25, 0.3) is 11.8 Å². The molecular formula is C19H15Cl2N3O4S. The van der Waals surface area contributed by atoms with Crippen LogP contribution in [0, 0.1) is 0 Å². The second-order valence-electron chi connectivity index (χ2n) is 6.31. The summed E-state index contributed by atoms with van der Waals surface area (Å²) in [4.78, 5) is 28.6. The van der Waals surface area contributed by atoms with Crippen LogP contribution in [0.4, 0.5) is 11.6 Å². The van der Waals surface area contributed by atoms with Gasteiger partial charge in [0.15, 0.2) is 11.0 Å². The Morgan fingerprint density at radius 3 is 2.62 bits per heavy atom. The van der Waals surface area contributed by atoms with Gasteiger partial charge in [-0.1, -0.05) is 29.3 Å². The molecule has 1 aromatic heterocycles. The summed E-state index contributed by atoms with van der Waals surface area (Å²) in [6.07, 6.45) is 1.38. The van der Waals surface area contributed by atoms with E-state index in [2.05, 4.69) is 5.32 Å². The van der Waals surface area contributed by atoms with E-state index in [1.165, 1.54) is 6.08 Å². The number of morpholine rings is 1. The molecule has 10 heteroatoms. The molecule has 2 amide bonds. The Labute approximate surface area is 181 Å². The minimum Gasteiger partial charge on any atom is -0.441 e. The van der Waals surface area contributed by atoms with E-state index >= 15 is 0 Å². The minimum atomic E-state index is -0.618. The van der Waals surface area contributed by atoms with Gasteiger partial charge in [-0.3, -0.25) is 19.8 Å². The van der Waals surface area contributed by atoms with Crippen molar-refractivity contribution in [2.75, 3.05) is 36.1 Å². The minimum absolute atomic E-state index is 0.0743. The predicted molar refractivity (Wildman–Crippen MR) is 114 cm³/mol. The summed E-state index contributed by atoms with van der Waals surface area (Å²) < 4.78 is 11.1. The van der Waals surface area contributed by atoms with Crippen molar-refractivity contribution in [3.8, 4) is 0 Å². The fourth-order valence-electron chi connectivity index (χ4n) is 3.06. The van der Waals surface area contributed by atoms with Crippen LogP contribution >= 0.6 is 35.4 Å². The summed E-state index contributed by atoms with van der Waals surface area (Å²) >= 11 is 17.5. The Hall–Kier alpha value is -2.39. The van der Waals surface area contributed by atoms with E-state index < -0.39 is 11.8 Å². The molecule has 29 heavy (non-hydrogen) atoms. The number of carbonyl (C=O) groups is 2. The number of nitrogens with one attached hydrogen (secondary N) is 1. The highest BCUT2D eigenvalue weighted by Gasteiger charge is 2.36. The summed E-state index contributed by atoms with van der Waals surface area (Å²) in [6, 6.07) is 8.31. The van der Waals surface area contributed by atoms with Gasteiger partial charge in [0.1, 0.15) is 11.3 Å². The highest BCUT2D eigenvalue weighted by atomic mass is 35.5. The molecule has 0 radical (unpaired) electrons. The molecule has 0 spiro atoms. The molecule has 150 valence electrons. The van der Waals surface area contributed by atoms with Gasteiger partial charge < -0.3 is 14.1 Å². The Kier molecular flexibility index (Phi) is 5.60. The lowest BCUT2D eigenvalue weighted by Crippen LogP contribution is -2.54. The molecule has 2 aliphatic rings. The lowest BCUT2D eigenvalue weighted by atomic mass is 10.1. The Balaban J connectivity index is 1.65. The lowest BCUT2D eigenvalue weighted by molar-refractivity contribution is -0.122. The third-order valence-electron chi connectivity index (χ3n) is 4.50. The van der Waals surface area contributed by atoms with Gasteiger partial charge in [0.2, 0.25) is 0 Å². The zero-order valence-corrected chi connectivity index (χ0v) is 17.3. The van der Waals surface area contributed by atoms with Crippen LogP contribution in [-0.4, -0.2) is 43.2 Å². The van der Waals surface area contributed by atoms with Gasteiger partial charge in [0, 0.05) is 19.2 Å². The molecule has 0 unspecified atom stereocenters. The first-order chi connectivity index (χ1) is 14.0. The normalized spacial score (nSPS) is 19.1. The predicted octanol–water partition coefficient (Wildman–Crippen LogP) is 3.25. The lowest BCUT2D eigenvalue weighted by Gasteiger charge is -2.29. The number of thiocarbonyl (C=S) groups is 1. The molecule has 0 aliphatic carbocycles. The zero-order valence-electron chi connectivity index (χ0n) is 15.0. The monoisotopic (exact) mass is 451 g/mol. The molecule has 1 N–H and O–H groups in total. The Bertz CT molecular complexity index is 1030. The number of carbonyl (C=O) groups excluding carboxylic acids is 2. The van der Waals surface area contributed by atoms with Crippen LogP contribution in [-0.2, 0) is 14.3 Å². The van der Waals surface area contributed by atoms with E-state index in [-0.39, 0.29) is 26.4 Å². The second-order valence-corrected chi connectivity index (χ2v) is 7.48. The van der Waals surface area contributed by atoms with Crippen molar-refractivity contribution in [3.63, 3.8) is 0 Å². The standard InChI is InChI=1S/C19H15Cl2N3O4S/c20-13-2-1-3-14(16(13)21)24-18(26)12(17(25)22-19(24)29)10-11-4-5-15(28-11)23-6-8-27-9-7-23/h1-5,10H,6-9H2,(H,22,25,29). The maximum atomic E-state index is 13.1. The van der Waals surface area contributed by atoms with E-state index in [1.54, 1.807) is 30.3 Å². The average Bonchev–Trinajstić information content (AvgIpc) is 3.18. The van der Waals surface area contributed by atoms with Crippen LogP contribution in [0.25, 0.3) is 6.08 Å². The number of ether oxygens (including phenoxy) is 1. The summed E-state index contributed by atoms with van der Waals surface area (Å²) in [5, 5.41) is 2.86. The fraction of sp³-hybridized carbons (Fsp3) is 0.211. The molecule has 2 aliphatic heterocycles. The molecule has 1 aromatic carbocycles. The number of anilines is 2. The number of benzene rings is 1. The zero-order chi connectivity index (χ0) is 20.5. The van der Waals surface area contributed by atoms with Crippen molar-refractivity contribution < 1.29 is 18.7 Å². The maximum Gasteiger partial charge on any atom is 0.270 e. The number of halogens is 2. The van der Waals surface area contributed by atoms with Crippen LogP contribution < -0.4 is 15.1 Å². The second kappa shape index (κ2) is 8.16. The van der Waals surface area contributed by atoms with Crippen LogP contribution in [0.5, 0.6) is 0 Å². The average molecular weight is 452 g/mol. The van der Waals surface area contributed by atoms with Gasteiger partial charge >= 0.3 is 0 Å². The molecule has 3 heterocycles. The molecule has 4 rings (SSSR count). The van der Waals surface area contributed by atoms with Gasteiger partial charge in [-0.15, -0.1) is 0 Å². The molecule has 0 bridgehead atoms. The third kappa shape index (κ3) is 3.89. The molecule has 0 saturated carbocycles. The number of amides is 2. The largest absolute Gasteiger partial charge is 0.441 e. The van der Waals surface area contributed by atoms with Crippen LogP contribution in [0.1, 0.15) is 5.76 Å². The van der Waals surface area contributed by atoms with Crippen molar-refractivity contribution in [1.29, 1.82) is 0 Å². The van der Waals surface area contributed by atoms with Gasteiger partial charge in [-0.05, 0) is 36.5 Å². The number of hydrogen-bond acceptors (Lipinski definition) is 6. The Morgan fingerprint density at radius 1 is 1.10 bits per heavy atom. The maximum absolute atomic E-state index is 13.1. The first kappa shape index (κ1) is 19.9. The number of rotatable bonds is 3. The summed E-state index contributed by atoms with van der Waals surface area (Å²) in [5.41, 5.74) is 0.158. The number of hydrogen-bond donors (Lipinski definition) is 1. The van der Waals surface area contributed by atoms with Crippen molar-refractivity contribution in [1.82, 2.24) is 5.32 Å². The first-order valence-electron chi connectivity index (χ1n) is 8.73. The molecule has 2 aromatic rings. The number of nitrogens with zero attached hydrogens (tertiary/aromatic N) is 2. The molecular weight excluding hydrogens is 437 g/mol. The van der Waals surface area contributed by atoms with E-state index in [0.717, 1.165) is 4.90 Å². The Morgan fingerprint density at radius 2 is 1.86 bits per heavy atom. The molecule has 0 atom stereocenters. The first-order valence-corrected chi connectivity index (χ1v) is 9.90. The van der Waals surface area contributed by atoms with Gasteiger partial charge in [0.05, 0.1) is 28.9 Å². The van der Waals surface area contributed by atoms with Gasteiger partial charge in [-0.25, -0.2) is 0 Å². The van der Waals surface area contributed by atoms with Crippen LogP contribution in [0.2, 0.25) is 10.0 Å². The summed E-state index contributed by atoms with van der Waals surface area (Å²) in [6.45, 7) is 2.64. The van der Waals surface area contributed by atoms with Crippen molar-refractivity contribution in [2.45, 2.75) is 0 Å². The number of furan rings is 1. The smallest absolute Gasteiger partial charge is 0.270 e. The van der Waals surface area contributed by atoms with Crippen molar-refractivity contribution in [2.24, 2.45) is 0 Å². The quantitative estimate of drug-likeness (QED) is 0.438. The highest BCUT2D eigenvalue weighted by Crippen LogP contribution is 2.34. The summed E-state index contributed by atoms with van der Waals surface area (Å²) in [7, 11) is 0. The molecule has 7 nitrogen and oxygen atoms in total. The summed E-state index contributed by atoms with van der Waals surface area (Å²) in [5.74, 6) is -0.213. The molecule has 2 fully saturated rings. The van der Waals surface area contributed by atoms with E-state index in [0.29, 0.717) is 37.9 Å². The molecule has 2 saturated heterocycles.